The van der Waals surface area contributed by atoms with Crippen molar-refractivity contribution in [1.82, 2.24) is 4.98 Å². The number of aromatic nitrogens is 1. The largest absolute Gasteiger partial charge is 1.00 e. The van der Waals surface area contributed by atoms with E-state index in [-0.39, 0.29) is 12.4 Å². The van der Waals surface area contributed by atoms with Gasteiger partial charge in [-0.05, 0) is 0 Å². The zero-order valence-electron chi connectivity index (χ0n) is 4.95. The van der Waals surface area contributed by atoms with Gasteiger partial charge in [0.25, 0.3) is 0 Å². The third kappa shape index (κ3) is 2.22. The zero-order valence-corrected chi connectivity index (χ0v) is 7.34. The Bertz CT molecular complexity index is 234. The van der Waals surface area contributed by atoms with E-state index in [1.165, 1.54) is 11.3 Å². The lowest BCUT2D eigenvalue weighted by Crippen LogP contribution is -3.00. The molecule has 7 heteroatoms. The molecule has 1 atom stereocenters. The summed E-state index contributed by atoms with van der Waals surface area (Å²) < 4.78 is 6.19. The van der Waals surface area contributed by atoms with Crippen LogP contribution in [0.1, 0.15) is 0 Å². The molecule has 0 spiro atoms. The van der Waals surface area contributed by atoms with Crippen LogP contribution in [0, 0.1) is 0 Å². The molecule has 4 nitrogen and oxygen atoms in total. The van der Waals surface area contributed by atoms with E-state index >= 15 is 0 Å². The van der Waals surface area contributed by atoms with Gasteiger partial charge in [-0.3, -0.25) is 0 Å². The molecule has 6 N–H and O–H groups in total. The average Bonchev–Trinajstić information content (AvgIpc) is 2.14. The Balaban J connectivity index is 0.000000810. The summed E-state index contributed by atoms with van der Waals surface area (Å²) in [6.45, 7) is 0. The summed E-state index contributed by atoms with van der Waals surface area (Å²) >= 11 is 1.32. The van der Waals surface area contributed by atoms with Crippen molar-refractivity contribution in [2.24, 2.45) is 5.14 Å². The van der Waals surface area contributed by atoms with Crippen LogP contribution in [0.4, 0.5) is 5.13 Å². The number of hydrogen-bond acceptors (Lipinski definition) is 3. The highest BCUT2D eigenvalue weighted by molar-refractivity contribution is 7.84. The molecule has 0 aromatic carbocycles. The number of nitrogens with zero attached hydrogens (tertiary/aromatic N) is 1. The number of halogens is 1. The van der Waals surface area contributed by atoms with Gasteiger partial charge in [0, 0.05) is 0 Å². The van der Waals surface area contributed by atoms with E-state index in [0.717, 1.165) is 4.21 Å². The van der Waals surface area contributed by atoms with Gasteiger partial charge in [-0.1, -0.05) is 11.3 Å². The quantitative estimate of drug-likeness (QED) is 0.425. The van der Waals surface area contributed by atoms with Gasteiger partial charge >= 0.3 is 0 Å². The lowest BCUT2D eigenvalue weighted by molar-refractivity contribution is -0.0756. The Morgan fingerprint density at radius 2 is 2.30 bits per heavy atom. The number of hydrogen-bond donors (Lipinski definition) is 3. The molecule has 1 rings (SSSR count). The lowest BCUT2D eigenvalue weighted by atomic mass is 11.0. The van der Waals surface area contributed by atoms with Gasteiger partial charge in [0.05, 0.1) is 6.20 Å². The molecule has 0 fully saturated rings. The molecule has 1 unspecified atom stereocenters. The molecule has 1 aromatic rings. The molecule has 0 bridgehead atoms. The van der Waals surface area contributed by atoms with Crippen molar-refractivity contribution < 1.29 is 17.2 Å². The molecule has 0 saturated heterocycles. The van der Waals surface area contributed by atoms with Crippen LogP contribution in [0.25, 0.3) is 0 Å². The monoisotopic (exact) mass is 198 g/mol. The SMILES string of the molecule is Nc1ncc(S(N)=[NH2+])s1.[Cl-]. The van der Waals surface area contributed by atoms with Crippen molar-refractivity contribution in [2.45, 2.75) is 4.21 Å². The molecule has 1 heterocycles. The van der Waals surface area contributed by atoms with E-state index in [9.17, 15) is 0 Å². The highest BCUT2D eigenvalue weighted by Crippen LogP contribution is 2.14. The van der Waals surface area contributed by atoms with E-state index < -0.39 is 10.9 Å². The van der Waals surface area contributed by atoms with Gasteiger partial charge in [-0.25, -0.2) is 14.9 Å². The van der Waals surface area contributed by atoms with Crippen molar-refractivity contribution in [3.05, 3.63) is 6.20 Å². The summed E-state index contributed by atoms with van der Waals surface area (Å²) in [5.41, 5.74) is 5.32. The molecule has 1 aromatic heterocycles. The minimum absolute atomic E-state index is 0. The highest BCUT2D eigenvalue weighted by Gasteiger charge is 2.01. The Morgan fingerprint density at radius 3 is 2.50 bits per heavy atom. The summed E-state index contributed by atoms with van der Waals surface area (Å²) in [6, 6.07) is 0. The minimum Gasteiger partial charge on any atom is -1.00 e. The second kappa shape index (κ2) is 3.87. The third-order valence-corrected chi connectivity index (χ3v) is 2.75. The molecule has 0 aliphatic heterocycles. The highest BCUT2D eigenvalue weighted by atomic mass is 35.5. The predicted molar refractivity (Wildman–Crippen MR) is 38.3 cm³/mol. The van der Waals surface area contributed by atoms with Crippen molar-refractivity contribution >= 4 is 27.3 Å². The maximum Gasteiger partial charge on any atom is 0.181 e. The summed E-state index contributed by atoms with van der Waals surface area (Å²) in [5, 5.41) is 5.86. The molecular formula is C3H7ClN4S2. The molecule has 58 valence electrons. The first kappa shape index (κ1) is 9.83. The zero-order chi connectivity index (χ0) is 6.85. The first-order valence-corrected chi connectivity index (χ1v) is 4.31. The first-order valence-electron chi connectivity index (χ1n) is 2.14. The molecule has 0 amide bonds. The van der Waals surface area contributed by atoms with Gasteiger partial charge in [0.1, 0.15) is 0 Å². The van der Waals surface area contributed by atoms with Crippen LogP contribution in [0.2, 0.25) is 0 Å². The van der Waals surface area contributed by atoms with Crippen LogP contribution >= 0.6 is 11.3 Å². The number of nitrogens with two attached hydrogens (primary N) is 3. The van der Waals surface area contributed by atoms with Gasteiger partial charge < -0.3 is 18.1 Å². The van der Waals surface area contributed by atoms with E-state index in [2.05, 4.69) is 4.98 Å². The van der Waals surface area contributed by atoms with Crippen LogP contribution in [-0.4, -0.2) is 4.98 Å². The second-order valence-electron chi connectivity index (χ2n) is 1.39. The predicted octanol–water partition coefficient (Wildman–Crippen LogP) is -4.48. The number of anilines is 1. The Morgan fingerprint density at radius 1 is 1.70 bits per heavy atom. The fourth-order valence-electron chi connectivity index (χ4n) is 0.381. The number of nitrogen functional groups attached to an aromatic ring is 1. The van der Waals surface area contributed by atoms with Gasteiger partial charge in [-0.15, -0.1) is 0 Å². The fraction of sp³-hybridized carbons (Fsp3) is 0. The standard InChI is InChI=1S/C3H6N4S2.ClH/c4-3-7-1-2(8-3)9(5)6;/h1H,(H2,4,7)(H3,5,6);1H. The Labute approximate surface area is 71.1 Å². The lowest BCUT2D eigenvalue weighted by Gasteiger charge is -1.79. The number of rotatable bonds is 1. The van der Waals surface area contributed by atoms with Crippen molar-refractivity contribution in [3.8, 4) is 0 Å². The van der Waals surface area contributed by atoms with Crippen LogP contribution in [0.3, 0.4) is 0 Å². The minimum atomic E-state index is -0.682. The molecule has 0 radical (unpaired) electrons. The van der Waals surface area contributed by atoms with Gasteiger partial charge in [-0.2, -0.15) is 0 Å². The molecular weight excluding hydrogens is 192 g/mol. The van der Waals surface area contributed by atoms with Crippen LogP contribution in [0.15, 0.2) is 10.4 Å². The molecule has 0 aliphatic rings. The summed E-state index contributed by atoms with van der Waals surface area (Å²) in [6.07, 6.45) is 1.60. The Kier molecular flexibility index (Phi) is 3.80. The normalized spacial score (nSPS) is 12.1. The van der Waals surface area contributed by atoms with Crippen LogP contribution < -0.4 is 28.1 Å². The van der Waals surface area contributed by atoms with E-state index in [1.807, 2.05) is 0 Å². The maximum absolute atomic E-state index is 5.35. The van der Waals surface area contributed by atoms with Crippen molar-refractivity contribution in [2.75, 3.05) is 5.73 Å². The fourth-order valence-corrected chi connectivity index (χ4v) is 1.61. The van der Waals surface area contributed by atoms with Crippen LogP contribution in [-0.2, 0) is 10.9 Å². The maximum atomic E-state index is 5.35. The summed E-state index contributed by atoms with van der Waals surface area (Å²) in [5.74, 6) is 0. The van der Waals surface area contributed by atoms with Gasteiger partial charge in [0.15, 0.2) is 20.2 Å². The average molecular weight is 199 g/mol. The van der Waals surface area contributed by atoms with Crippen molar-refractivity contribution in [1.29, 1.82) is 0 Å². The topological polar surface area (TPSA) is 90.5 Å². The molecule has 10 heavy (non-hydrogen) atoms. The first-order chi connectivity index (χ1) is 4.20. The molecule has 0 aliphatic carbocycles. The van der Waals surface area contributed by atoms with Crippen molar-refractivity contribution in [3.63, 3.8) is 0 Å². The molecule has 0 saturated carbocycles. The van der Waals surface area contributed by atoms with Crippen LogP contribution in [0.5, 0.6) is 0 Å². The summed E-state index contributed by atoms with van der Waals surface area (Å²) in [7, 11) is -0.682. The third-order valence-electron chi connectivity index (χ3n) is 0.735. The van der Waals surface area contributed by atoms with E-state index in [0.29, 0.717) is 5.13 Å². The smallest absolute Gasteiger partial charge is 0.181 e. The van der Waals surface area contributed by atoms with E-state index in [4.69, 9.17) is 15.7 Å². The number of thiazole rings is 1. The van der Waals surface area contributed by atoms with E-state index in [1.54, 1.807) is 6.20 Å². The summed E-state index contributed by atoms with van der Waals surface area (Å²) in [4.78, 5) is 3.78. The second-order valence-corrected chi connectivity index (χ2v) is 3.89. The van der Waals surface area contributed by atoms with Gasteiger partial charge in [0.2, 0.25) is 0 Å². The Hall–Kier alpha value is -0.170.